The first-order chi connectivity index (χ1) is 15.6. The van der Waals surface area contributed by atoms with Gasteiger partial charge in [0.1, 0.15) is 5.82 Å². The molecule has 2 aliphatic heterocycles. The third kappa shape index (κ3) is 4.11. The van der Waals surface area contributed by atoms with E-state index in [9.17, 15) is 14.7 Å². The first-order valence-corrected chi connectivity index (χ1v) is 11.6. The number of carbonyl (C=O) groups is 1. The van der Waals surface area contributed by atoms with Crippen molar-refractivity contribution >= 4 is 11.7 Å². The second-order valence-corrected chi connectivity index (χ2v) is 8.89. The molecule has 3 unspecified atom stereocenters. The average Bonchev–Trinajstić information content (AvgIpc) is 3.44. The fraction of sp³-hybridized carbons (Fsp3) is 0.636. The summed E-state index contributed by atoms with van der Waals surface area (Å²) in [7, 11) is 0. The van der Waals surface area contributed by atoms with Crippen LogP contribution < -0.4 is 20.5 Å². The molecular weight excluding hydrogens is 412 g/mol. The van der Waals surface area contributed by atoms with Gasteiger partial charge in [-0.2, -0.15) is 10.2 Å². The Kier molecular flexibility index (Phi) is 5.86. The second kappa shape index (κ2) is 8.93. The lowest BCUT2D eigenvalue weighted by atomic mass is 10.0. The van der Waals surface area contributed by atoms with E-state index in [1.54, 1.807) is 16.8 Å². The fourth-order valence-electron chi connectivity index (χ4n) is 5.01. The number of piperidine rings is 1. The van der Waals surface area contributed by atoms with Crippen molar-refractivity contribution in [2.24, 2.45) is 0 Å². The summed E-state index contributed by atoms with van der Waals surface area (Å²) in [6, 6.07) is 4.79. The van der Waals surface area contributed by atoms with Gasteiger partial charge in [0.25, 0.3) is 11.5 Å². The van der Waals surface area contributed by atoms with Crippen LogP contribution in [0.1, 0.15) is 61.5 Å². The highest BCUT2D eigenvalue weighted by atomic mass is 16.5. The van der Waals surface area contributed by atoms with Crippen LogP contribution in [0.5, 0.6) is 5.88 Å². The summed E-state index contributed by atoms with van der Waals surface area (Å²) in [5.41, 5.74) is 0.179. The summed E-state index contributed by atoms with van der Waals surface area (Å²) >= 11 is 0. The number of aromatic nitrogens is 4. The summed E-state index contributed by atoms with van der Waals surface area (Å²) in [6.45, 7) is 2.69. The normalized spacial score (nSPS) is 25.3. The number of aliphatic hydroxyl groups excluding tert-OH is 1. The van der Waals surface area contributed by atoms with Crippen molar-refractivity contribution in [3.05, 3.63) is 34.2 Å². The molecule has 0 bridgehead atoms. The van der Waals surface area contributed by atoms with E-state index >= 15 is 0 Å². The number of aryl methyl sites for hydroxylation is 1. The number of ether oxygens (including phenoxy) is 1. The number of carbonyl (C=O) groups excluding carboxylic acids is 1. The van der Waals surface area contributed by atoms with Gasteiger partial charge in [0.2, 0.25) is 5.88 Å². The molecule has 3 atom stereocenters. The highest BCUT2D eigenvalue weighted by molar-refractivity contribution is 5.92. The number of anilines is 1. The lowest BCUT2D eigenvalue weighted by molar-refractivity contribution is 0.0943. The van der Waals surface area contributed by atoms with E-state index in [2.05, 4.69) is 20.4 Å². The van der Waals surface area contributed by atoms with Gasteiger partial charge in [-0.1, -0.05) is 0 Å². The van der Waals surface area contributed by atoms with E-state index in [0.717, 1.165) is 51.6 Å². The Bertz CT molecular complexity index is 1010. The van der Waals surface area contributed by atoms with Gasteiger partial charge in [0.15, 0.2) is 5.69 Å². The Morgan fingerprint density at radius 1 is 1.12 bits per heavy atom. The molecule has 0 radical (unpaired) electrons. The molecule has 172 valence electrons. The van der Waals surface area contributed by atoms with E-state index in [4.69, 9.17) is 4.74 Å². The number of fused-ring (bicyclic) bond motifs is 1. The van der Waals surface area contributed by atoms with Gasteiger partial charge in [-0.25, -0.2) is 9.36 Å². The molecule has 10 heteroatoms. The van der Waals surface area contributed by atoms with Crippen molar-refractivity contribution in [3.63, 3.8) is 0 Å². The third-order valence-electron chi connectivity index (χ3n) is 6.73. The van der Waals surface area contributed by atoms with E-state index in [0.29, 0.717) is 37.0 Å². The lowest BCUT2D eigenvalue weighted by Crippen LogP contribution is -2.48. The van der Waals surface area contributed by atoms with Gasteiger partial charge in [-0.15, -0.1) is 0 Å². The highest BCUT2D eigenvalue weighted by Gasteiger charge is 2.30. The predicted molar refractivity (Wildman–Crippen MR) is 117 cm³/mol. The van der Waals surface area contributed by atoms with E-state index in [1.165, 1.54) is 10.7 Å². The Balaban J connectivity index is 1.29. The van der Waals surface area contributed by atoms with Gasteiger partial charge in [-0.05, 0) is 44.6 Å². The zero-order chi connectivity index (χ0) is 22.1. The number of aliphatic hydroxyl groups is 1. The van der Waals surface area contributed by atoms with Crippen LogP contribution in [0.4, 0.5) is 5.82 Å². The number of nitrogens with one attached hydrogen (secondary N) is 1. The maximum Gasteiger partial charge on any atom is 0.272 e. The van der Waals surface area contributed by atoms with E-state index in [1.807, 2.05) is 0 Å². The number of amides is 1. The monoisotopic (exact) mass is 442 g/mol. The lowest BCUT2D eigenvalue weighted by Gasteiger charge is -2.37. The Morgan fingerprint density at radius 2 is 2.03 bits per heavy atom. The third-order valence-corrected chi connectivity index (χ3v) is 6.73. The maximum absolute atomic E-state index is 12.7. The zero-order valence-corrected chi connectivity index (χ0v) is 18.2. The smallest absolute Gasteiger partial charge is 0.272 e. The number of hydrogen-bond acceptors (Lipinski definition) is 7. The predicted octanol–water partition coefficient (Wildman–Crippen LogP) is 1.10. The molecule has 1 saturated heterocycles. The van der Waals surface area contributed by atoms with Gasteiger partial charge in [0.05, 0.1) is 18.8 Å². The van der Waals surface area contributed by atoms with Crippen LogP contribution in [0.2, 0.25) is 0 Å². The Hall–Kier alpha value is -2.88. The van der Waals surface area contributed by atoms with Crippen molar-refractivity contribution in [1.29, 1.82) is 0 Å². The largest absolute Gasteiger partial charge is 0.478 e. The van der Waals surface area contributed by atoms with Crippen molar-refractivity contribution in [2.75, 3.05) is 24.6 Å². The molecule has 10 nitrogen and oxygen atoms in total. The quantitative estimate of drug-likeness (QED) is 0.713. The van der Waals surface area contributed by atoms with Gasteiger partial charge < -0.3 is 20.1 Å². The molecule has 1 aliphatic carbocycles. The Morgan fingerprint density at radius 3 is 2.84 bits per heavy atom. The first-order valence-electron chi connectivity index (χ1n) is 11.6. The summed E-state index contributed by atoms with van der Waals surface area (Å²) in [6.07, 6.45) is 5.74. The molecule has 2 aromatic heterocycles. The molecule has 4 heterocycles. The minimum Gasteiger partial charge on any atom is -0.478 e. The van der Waals surface area contributed by atoms with Gasteiger partial charge in [0, 0.05) is 44.2 Å². The summed E-state index contributed by atoms with van der Waals surface area (Å²) in [4.78, 5) is 27.3. The van der Waals surface area contributed by atoms with Crippen LogP contribution in [0.15, 0.2) is 23.0 Å². The molecular formula is C22H30N6O4. The van der Waals surface area contributed by atoms with Crippen LogP contribution >= 0.6 is 0 Å². The van der Waals surface area contributed by atoms with E-state index in [-0.39, 0.29) is 23.6 Å². The van der Waals surface area contributed by atoms with Crippen molar-refractivity contribution in [2.45, 2.75) is 69.7 Å². The summed E-state index contributed by atoms with van der Waals surface area (Å²) in [5, 5.41) is 22.3. The minimum atomic E-state index is -0.531. The second-order valence-electron chi connectivity index (χ2n) is 8.89. The van der Waals surface area contributed by atoms with E-state index < -0.39 is 6.10 Å². The summed E-state index contributed by atoms with van der Waals surface area (Å²) < 4.78 is 8.74. The van der Waals surface area contributed by atoms with Crippen molar-refractivity contribution in [1.82, 2.24) is 24.9 Å². The molecule has 2 aromatic rings. The zero-order valence-electron chi connectivity index (χ0n) is 18.2. The van der Waals surface area contributed by atoms with Crippen LogP contribution in [-0.2, 0) is 6.54 Å². The molecule has 32 heavy (non-hydrogen) atoms. The molecule has 3 aliphatic rings. The minimum absolute atomic E-state index is 0.0770. The SMILES string of the molecule is O=C(NCC1CCCCN1c1ccc(=O)n(C2CCCC2O)n1)c1cc2n(n1)CCCO2. The van der Waals surface area contributed by atoms with Crippen LogP contribution in [-0.4, -0.2) is 62.4 Å². The molecule has 2 fully saturated rings. The molecule has 5 rings (SSSR count). The van der Waals surface area contributed by atoms with Crippen LogP contribution in [0.3, 0.4) is 0 Å². The van der Waals surface area contributed by atoms with Crippen molar-refractivity contribution < 1.29 is 14.6 Å². The van der Waals surface area contributed by atoms with Crippen molar-refractivity contribution in [3.8, 4) is 5.88 Å². The fourth-order valence-corrected chi connectivity index (χ4v) is 5.01. The van der Waals surface area contributed by atoms with Gasteiger partial charge >= 0.3 is 0 Å². The molecule has 0 spiro atoms. The Labute approximate surface area is 186 Å². The topological polar surface area (TPSA) is 115 Å². The van der Waals surface area contributed by atoms with Gasteiger partial charge in [-0.3, -0.25) is 9.59 Å². The highest BCUT2D eigenvalue weighted by Crippen LogP contribution is 2.29. The first kappa shape index (κ1) is 21.0. The maximum atomic E-state index is 12.7. The van der Waals surface area contributed by atoms with Crippen LogP contribution in [0.25, 0.3) is 0 Å². The number of rotatable bonds is 5. The average molecular weight is 443 g/mol. The standard InChI is InChI=1S/C22H30N6O4/c29-18-7-3-6-17(18)28-20(30)9-8-19(25-28)26-10-2-1-5-15(26)14-23-22(31)16-13-21-27(24-16)11-4-12-32-21/h8-9,13,15,17-18,29H,1-7,10-12,14H2,(H,23,31). The molecule has 1 saturated carbocycles. The molecule has 1 amide bonds. The van der Waals surface area contributed by atoms with Crippen LogP contribution in [0, 0.1) is 0 Å². The number of hydrogen-bond donors (Lipinski definition) is 2. The summed E-state index contributed by atoms with van der Waals surface area (Å²) in [5.74, 6) is 1.14. The number of nitrogens with zero attached hydrogens (tertiary/aromatic N) is 5. The molecule has 2 N–H and O–H groups in total. The molecule has 0 aromatic carbocycles.